The van der Waals surface area contributed by atoms with Gasteiger partial charge in [-0.2, -0.15) is 0 Å². The molecule has 2 nitrogen and oxygen atoms in total. The summed E-state index contributed by atoms with van der Waals surface area (Å²) in [5.41, 5.74) is 1.45. The van der Waals surface area contributed by atoms with Crippen LogP contribution in [-0.4, -0.2) is 23.3 Å². The summed E-state index contributed by atoms with van der Waals surface area (Å²) >= 11 is 3.64. The molecule has 2 atom stereocenters. The first-order chi connectivity index (χ1) is 9.22. The van der Waals surface area contributed by atoms with Gasteiger partial charge in [-0.25, -0.2) is 0 Å². The van der Waals surface area contributed by atoms with E-state index in [-0.39, 0.29) is 6.10 Å². The van der Waals surface area contributed by atoms with Crippen LogP contribution in [0.1, 0.15) is 50.0 Å². The van der Waals surface area contributed by atoms with Crippen molar-refractivity contribution in [3.05, 3.63) is 34.3 Å². The normalized spacial score (nSPS) is 34.8. The third kappa shape index (κ3) is 3.21. The first-order valence-corrected chi connectivity index (χ1v) is 8.20. The molecule has 2 saturated carbocycles. The Kier molecular flexibility index (Phi) is 4.25. The van der Waals surface area contributed by atoms with E-state index < -0.39 is 0 Å². The van der Waals surface area contributed by atoms with Crippen molar-refractivity contribution in [1.82, 2.24) is 5.32 Å². The highest BCUT2D eigenvalue weighted by Gasteiger charge is 2.33. The number of aliphatic hydroxyl groups is 1. The Morgan fingerprint density at radius 3 is 2.58 bits per heavy atom. The van der Waals surface area contributed by atoms with E-state index in [1.165, 1.54) is 35.7 Å². The van der Waals surface area contributed by atoms with Gasteiger partial charge in [0.2, 0.25) is 0 Å². The number of nitrogens with one attached hydrogen (secondary N) is 1. The van der Waals surface area contributed by atoms with Gasteiger partial charge in [0.25, 0.3) is 0 Å². The van der Waals surface area contributed by atoms with Gasteiger partial charge < -0.3 is 10.4 Å². The Balaban J connectivity index is 1.49. The predicted molar refractivity (Wildman–Crippen MR) is 81.3 cm³/mol. The molecule has 3 heteroatoms. The van der Waals surface area contributed by atoms with Crippen LogP contribution in [0.5, 0.6) is 0 Å². The van der Waals surface area contributed by atoms with Gasteiger partial charge in [0, 0.05) is 16.6 Å². The molecule has 2 fully saturated rings. The van der Waals surface area contributed by atoms with Crippen molar-refractivity contribution >= 4 is 15.9 Å². The van der Waals surface area contributed by atoms with Crippen molar-refractivity contribution in [3.63, 3.8) is 0 Å². The van der Waals surface area contributed by atoms with Crippen LogP contribution in [0.4, 0.5) is 0 Å². The highest BCUT2D eigenvalue weighted by Crippen LogP contribution is 2.40. The van der Waals surface area contributed by atoms with E-state index in [9.17, 15) is 5.11 Å². The third-order valence-corrected chi connectivity index (χ3v) is 5.32. The summed E-state index contributed by atoms with van der Waals surface area (Å²) in [6.45, 7) is 0. The molecule has 0 amide bonds. The summed E-state index contributed by atoms with van der Waals surface area (Å²) in [5, 5.41) is 13.4. The molecule has 1 aromatic carbocycles. The van der Waals surface area contributed by atoms with Gasteiger partial charge in [-0.1, -0.05) is 34.1 Å². The van der Waals surface area contributed by atoms with Gasteiger partial charge in [-0.05, 0) is 56.1 Å². The topological polar surface area (TPSA) is 32.3 Å². The maximum absolute atomic E-state index is 9.70. The van der Waals surface area contributed by atoms with Crippen molar-refractivity contribution in [2.75, 3.05) is 0 Å². The van der Waals surface area contributed by atoms with Crippen molar-refractivity contribution in [3.8, 4) is 0 Å². The van der Waals surface area contributed by atoms with Crippen LogP contribution < -0.4 is 5.32 Å². The second kappa shape index (κ2) is 5.94. The van der Waals surface area contributed by atoms with Crippen molar-refractivity contribution in [1.29, 1.82) is 0 Å². The molecule has 2 aliphatic carbocycles. The monoisotopic (exact) mass is 323 g/mol. The van der Waals surface area contributed by atoms with Crippen molar-refractivity contribution in [2.45, 2.75) is 62.6 Å². The van der Waals surface area contributed by atoms with Crippen LogP contribution in [0.2, 0.25) is 0 Å². The van der Waals surface area contributed by atoms with Gasteiger partial charge in [-0.15, -0.1) is 0 Å². The molecule has 104 valence electrons. The maximum atomic E-state index is 9.70. The van der Waals surface area contributed by atoms with E-state index >= 15 is 0 Å². The molecule has 0 aromatic heterocycles. The molecule has 2 aliphatic rings. The first-order valence-electron chi connectivity index (χ1n) is 7.41. The quantitative estimate of drug-likeness (QED) is 0.891. The average molecular weight is 324 g/mol. The number of aliphatic hydroxyl groups excluding tert-OH is 1. The lowest BCUT2D eigenvalue weighted by atomic mass is 9.75. The molecule has 3 rings (SSSR count). The van der Waals surface area contributed by atoms with Gasteiger partial charge >= 0.3 is 0 Å². The largest absolute Gasteiger partial charge is 0.393 e. The van der Waals surface area contributed by atoms with Crippen LogP contribution in [0, 0.1) is 0 Å². The SMILES string of the molecule is OC1CCCC(NC2CC(c3ccccc3Br)C2)C1. The van der Waals surface area contributed by atoms with Gasteiger partial charge in [0.15, 0.2) is 0 Å². The van der Waals surface area contributed by atoms with E-state index in [1.54, 1.807) is 0 Å². The Labute approximate surface area is 123 Å². The molecule has 2 N–H and O–H groups in total. The first kappa shape index (κ1) is 13.6. The van der Waals surface area contributed by atoms with Crippen LogP contribution in [0.25, 0.3) is 0 Å². The Morgan fingerprint density at radius 1 is 1.05 bits per heavy atom. The molecular formula is C16H22BrNO. The summed E-state index contributed by atoms with van der Waals surface area (Å²) in [6.07, 6.45) is 6.71. The zero-order valence-electron chi connectivity index (χ0n) is 11.2. The van der Waals surface area contributed by atoms with Gasteiger partial charge in [0.05, 0.1) is 6.10 Å². The zero-order chi connectivity index (χ0) is 13.2. The number of benzene rings is 1. The molecule has 1 aromatic rings. The van der Waals surface area contributed by atoms with Gasteiger partial charge in [0.1, 0.15) is 0 Å². The molecule has 0 heterocycles. The van der Waals surface area contributed by atoms with E-state index in [1.807, 2.05) is 0 Å². The lowest BCUT2D eigenvalue weighted by molar-refractivity contribution is 0.102. The second-order valence-corrected chi connectivity index (χ2v) is 6.93. The van der Waals surface area contributed by atoms with E-state index in [0.29, 0.717) is 18.0 Å². The molecule has 0 spiro atoms. The minimum Gasteiger partial charge on any atom is -0.393 e. The number of hydrogen-bond donors (Lipinski definition) is 2. The molecule has 0 aliphatic heterocycles. The van der Waals surface area contributed by atoms with Crippen LogP contribution in [0.15, 0.2) is 28.7 Å². The van der Waals surface area contributed by atoms with Crippen molar-refractivity contribution < 1.29 is 5.11 Å². The van der Waals surface area contributed by atoms with Gasteiger partial charge in [-0.3, -0.25) is 0 Å². The molecule has 0 bridgehead atoms. The van der Waals surface area contributed by atoms with Crippen LogP contribution in [0.3, 0.4) is 0 Å². The summed E-state index contributed by atoms with van der Waals surface area (Å²) in [4.78, 5) is 0. The zero-order valence-corrected chi connectivity index (χ0v) is 12.8. The maximum Gasteiger partial charge on any atom is 0.0555 e. The lowest BCUT2D eigenvalue weighted by Gasteiger charge is -2.40. The number of halogens is 1. The average Bonchev–Trinajstić information content (AvgIpc) is 2.35. The Morgan fingerprint density at radius 2 is 1.84 bits per heavy atom. The molecule has 0 saturated heterocycles. The van der Waals surface area contributed by atoms with E-state index in [2.05, 4.69) is 45.5 Å². The third-order valence-electron chi connectivity index (χ3n) is 4.60. The fraction of sp³-hybridized carbons (Fsp3) is 0.625. The van der Waals surface area contributed by atoms with Crippen LogP contribution in [-0.2, 0) is 0 Å². The van der Waals surface area contributed by atoms with Crippen molar-refractivity contribution in [2.24, 2.45) is 0 Å². The van der Waals surface area contributed by atoms with E-state index in [4.69, 9.17) is 0 Å². The fourth-order valence-electron chi connectivity index (χ4n) is 3.46. The summed E-state index contributed by atoms with van der Waals surface area (Å²) < 4.78 is 1.24. The second-order valence-electron chi connectivity index (χ2n) is 6.07. The lowest BCUT2D eigenvalue weighted by Crippen LogP contribution is -2.47. The smallest absolute Gasteiger partial charge is 0.0555 e. The highest BCUT2D eigenvalue weighted by molar-refractivity contribution is 9.10. The molecule has 2 unspecified atom stereocenters. The summed E-state index contributed by atoms with van der Waals surface area (Å²) in [6, 6.07) is 9.74. The standard InChI is InChI=1S/C16H22BrNO/c17-16-7-2-1-6-15(16)11-8-13(9-11)18-12-4-3-5-14(19)10-12/h1-2,6-7,11-14,18-19H,3-5,8-10H2. The highest BCUT2D eigenvalue weighted by atomic mass is 79.9. The Hall–Kier alpha value is -0.380. The Bertz CT molecular complexity index is 431. The summed E-state index contributed by atoms with van der Waals surface area (Å²) in [5.74, 6) is 0.696. The number of rotatable bonds is 3. The predicted octanol–water partition coefficient (Wildman–Crippen LogP) is 3.59. The van der Waals surface area contributed by atoms with Crippen LogP contribution >= 0.6 is 15.9 Å². The molecular weight excluding hydrogens is 302 g/mol. The molecule has 0 radical (unpaired) electrons. The van der Waals surface area contributed by atoms with E-state index in [0.717, 1.165) is 12.8 Å². The summed E-state index contributed by atoms with van der Waals surface area (Å²) in [7, 11) is 0. The fourth-order valence-corrected chi connectivity index (χ4v) is 4.07. The minimum atomic E-state index is -0.0783. The minimum absolute atomic E-state index is 0.0783. The molecule has 19 heavy (non-hydrogen) atoms. The number of hydrogen-bond acceptors (Lipinski definition) is 2.